The first kappa shape index (κ1) is 12.8. The van der Waals surface area contributed by atoms with Crippen LogP contribution >= 0.6 is 0 Å². The molecule has 0 aromatic carbocycles. The summed E-state index contributed by atoms with van der Waals surface area (Å²) in [6, 6.07) is 0. The normalized spacial score (nSPS) is 12.8. The molecule has 0 spiro atoms. The molecule has 2 N–H and O–H groups in total. The number of hydrogen-bond donors (Lipinski definition) is 1. The van der Waals surface area contributed by atoms with Crippen LogP contribution in [0, 0.1) is 5.92 Å². The zero-order chi connectivity index (χ0) is 13.0. The number of nitrogens with two attached hydrogens (primary N) is 1. The van der Waals surface area contributed by atoms with E-state index in [1.165, 1.54) is 0 Å². The zero-order valence-electron chi connectivity index (χ0n) is 10.8. The Bertz CT molecular complexity index is 490. The Balaban J connectivity index is 1.97. The fourth-order valence-electron chi connectivity index (χ4n) is 1.83. The van der Waals surface area contributed by atoms with Crippen molar-refractivity contribution in [3.05, 3.63) is 18.3 Å². The molecule has 2 aromatic rings. The maximum Gasteiger partial charge on any atom is 0.238 e. The lowest BCUT2D eigenvalue weighted by molar-refractivity contribution is 0.362. The molecule has 0 amide bonds. The Morgan fingerprint density at radius 2 is 2.28 bits per heavy atom. The van der Waals surface area contributed by atoms with Crippen molar-refractivity contribution in [2.24, 2.45) is 18.7 Å². The van der Waals surface area contributed by atoms with E-state index in [2.05, 4.69) is 22.0 Å². The van der Waals surface area contributed by atoms with Crippen molar-refractivity contribution in [2.75, 3.05) is 6.54 Å². The molecular formula is C12H19N5O. The average Bonchev–Trinajstić information content (AvgIpc) is 2.95. The van der Waals surface area contributed by atoms with E-state index in [1.54, 1.807) is 6.20 Å². The van der Waals surface area contributed by atoms with Crippen LogP contribution in [0.25, 0.3) is 11.6 Å². The fourth-order valence-corrected chi connectivity index (χ4v) is 1.83. The number of hydrogen-bond acceptors (Lipinski definition) is 5. The van der Waals surface area contributed by atoms with Crippen LogP contribution in [0.3, 0.4) is 0 Å². The summed E-state index contributed by atoms with van der Waals surface area (Å²) in [7, 11) is 1.90. The smallest absolute Gasteiger partial charge is 0.238 e. The van der Waals surface area contributed by atoms with Gasteiger partial charge in [0.05, 0.1) is 0 Å². The first-order valence-electron chi connectivity index (χ1n) is 6.21. The molecule has 0 bridgehead atoms. The average molecular weight is 249 g/mol. The Hall–Kier alpha value is -1.69. The quantitative estimate of drug-likeness (QED) is 0.836. The highest BCUT2D eigenvalue weighted by Gasteiger charge is 2.13. The van der Waals surface area contributed by atoms with Crippen molar-refractivity contribution in [1.29, 1.82) is 0 Å². The summed E-state index contributed by atoms with van der Waals surface area (Å²) >= 11 is 0. The van der Waals surface area contributed by atoms with Crippen LogP contribution in [-0.4, -0.2) is 26.2 Å². The van der Waals surface area contributed by atoms with Crippen LogP contribution in [-0.2, 0) is 13.5 Å². The summed E-state index contributed by atoms with van der Waals surface area (Å²) in [5.41, 5.74) is 5.52. The van der Waals surface area contributed by atoms with Gasteiger partial charge >= 0.3 is 0 Å². The summed E-state index contributed by atoms with van der Waals surface area (Å²) < 4.78 is 7.09. The van der Waals surface area contributed by atoms with Crippen LogP contribution in [0.15, 0.2) is 16.9 Å². The van der Waals surface area contributed by atoms with E-state index in [4.69, 9.17) is 10.3 Å². The van der Waals surface area contributed by atoms with Crippen molar-refractivity contribution in [2.45, 2.75) is 26.2 Å². The molecule has 2 heterocycles. The van der Waals surface area contributed by atoms with Crippen molar-refractivity contribution < 1.29 is 4.52 Å². The van der Waals surface area contributed by atoms with Gasteiger partial charge in [-0.25, -0.2) is 4.98 Å². The van der Waals surface area contributed by atoms with E-state index >= 15 is 0 Å². The van der Waals surface area contributed by atoms with Crippen LogP contribution in [0.2, 0.25) is 0 Å². The lowest BCUT2D eigenvalue weighted by atomic mass is 10.0. The van der Waals surface area contributed by atoms with E-state index in [1.807, 2.05) is 17.8 Å². The molecule has 0 aliphatic rings. The molecule has 0 aliphatic heterocycles. The molecule has 98 valence electrons. The summed E-state index contributed by atoms with van der Waals surface area (Å²) in [6.45, 7) is 2.91. The Morgan fingerprint density at radius 3 is 2.94 bits per heavy atom. The van der Waals surface area contributed by atoms with Crippen LogP contribution in [0.1, 0.15) is 25.7 Å². The molecule has 2 rings (SSSR count). The molecule has 1 atom stereocenters. The molecule has 6 heteroatoms. The van der Waals surface area contributed by atoms with Gasteiger partial charge < -0.3 is 14.8 Å². The fraction of sp³-hybridized carbons (Fsp3) is 0.583. The minimum absolute atomic E-state index is 0.545. The molecule has 0 radical (unpaired) electrons. The van der Waals surface area contributed by atoms with E-state index < -0.39 is 0 Å². The van der Waals surface area contributed by atoms with Gasteiger partial charge in [-0.05, 0) is 25.3 Å². The first-order valence-corrected chi connectivity index (χ1v) is 6.21. The van der Waals surface area contributed by atoms with E-state index in [9.17, 15) is 0 Å². The number of rotatable bonds is 6. The van der Waals surface area contributed by atoms with Gasteiger partial charge in [-0.2, -0.15) is 4.98 Å². The molecule has 1 unspecified atom stereocenters. The Morgan fingerprint density at radius 1 is 1.44 bits per heavy atom. The molecule has 2 aromatic heterocycles. The zero-order valence-corrected chi connectivity index (χ0v) is 10.8. The summed E-state index contributed by atoms with van der Waals surface area (Å²) in [6.07, 6.45) is 6.40. The topological polar surface area (TPSA) is 82.8 Å². The second-order valence-corrected chi connectivity index (χ2v) is 4.59. The molecule has 0 aliphatic carbocycles. The molecular weight excluding hydrogens is 230 g/mol. The highest BCUT2D eigenvalue weighted by atomic mass is 16.5. The lowest BCUT2D eigenvalue weighted by Gasteiger charge is -2.06. The number of nitrogens with zero attached hydrogens (tertiary/aromatic N) is 4. The van der Waals surface area contributed by atoms with Crippen molar-refractivity contribution in [3.8, 4) is 11.6 Å². The highest BCUT2D eigenvalue weighted by Crippen LogP contribution is 2.15. The monoisotopic (exact) mass is 249 g/mol. The Kier molecular flexibility index (Phi) is 4.09. The first-order chi connectivity index (χ1) is 8.70. The van der Waals surface area contributed by atoms with Gasteiger partial charge in [0.25, 0.3) is 0 Å². The van der Waals surface area contributed by atoms with Crippen LogP contribution in [0.4, 0.5) is 0 Å². The molecule has 0 saturated carbocycles. The second kappa shape index (κ2) is 5.77. The van der Waals surface area contributed by atoms with Gasteiger partial charge in [0, 0.05) is 25.9 Å². The van der Waals surface area contributed by atoms with E-state index in [-0.39, 0.29) is 0 Å². The standard InChI is InChI=1S/C12H19N5O/c1-9(5-6-13)3-4-10-15-11(16-18-10)12-14-7-8-17(12)2/h7-9H,3-6,13H2,1-2H3. The van der Waals surface area contributed by atoms with E-state index in [0.717, 1.165) is 31.6 Å². The maximum absolute atomic E-state index is 5.52. The van der Waals surface area contributed by atoms with Crippen molar-refractivity contribution in [1.82, 2.24) is 19.7 Å². The molecule has 6 nitrogen and oxygen atoms in total. The second-order valence-electron chi connectivity index (χ2n) is 4.59. The molecule has 0 saturated heterocycles. The van der Waals surface area contributed by atoms with Gasteiger partial charge in [0.1, 0.15) is 0 Å². The van der Waals surface area contributed by atoms with Crippen LogP contribution < -0.4 is 5.73 Å². The highest BCUT2D eigenvalue weighted by molar-refractivity contribution is 5.42. The minimum atomic E-state index is 0.545. The molecule has 18 heavy (non-hydrogen) atoms. The van der Waals surface area contributed by atoms with Crippen LogP contribution in [0.5, 0.6) is 0 Å². The van der Waals surface area contributed by atoms with Crippen molar-refractivity contribution in [3.63, 3.8) is 0 Å². The van der Waals surface area contributed by atoms with Gasteiger partial charge in [-0.15, -0.1) is 0 Å². The SMILES string of the molecule is CC(CCN)CCc1nc(-c2nccn2C)no1. The van der Waals surface area contributed by atoms with Crippen molar-refractivity contribution >= 4 is 0 Å². The molecule has 0 fully saturated rings. The maximum atomic E-state index is 5.52. The number of aryl methyl sites for hydroxylation is 2. The summed E-state index contributed by atoms with van der Waals surface area (Å²) in [5.74, 6) is 2.51. The largest absolute Gasteiger partial charge is 0.339 e. The number of aromatic nitrogens is 4. The third-order valence-electron chi connectivity index (χ3n) is 3.00. The van der Waals surface area contributed by atoms with Gasteiger partial charge in [0.2, 0.25) is 11.7 Å². The predicted octanol–water partition coefficient (Wildman–Crippen LogP) is 1.39. The third kappa shape index (κ3) is 2.95. The number of imidazole rings is 1. The van der Waals surface area contributed by atoms with Gasteiger partial charge in [0.15, 0.2) is 5.82 Å². The lowest BCUT2D eigenvalue weighted by Crippen LogP contribution is -2.06. The third-order valence-corrected chi connectivity index (χ3v) is 3.00. The van der Waals surface area contributed by atoms with Gasteiger partial charge in [-0.1, -0.05) is 12.1 Å². The van der Waals surface area contributed by atoms with Gasteiger partial charge in [-0.3, -0.25) is 0 Å². The van der Waals surface area contributed by atoms with E-state index in [0.29, 0.717) is 17.6 Å². The predicted molar refractivity (Wildman–Crippen MR) is 67.7 cm³/mol. The summed E-state index contributed by atoms with van der Waals surface area (Å²) in [5, 5.41) is 3.95. The Labute approximate surface area is 106 Å². The summed E-state index contributed by atoms with van der Waals surface area (Å²) in [4.78, 5) is 8.54. The minimum Gasteiger partial charge on any atom is -0.339 e.